The molecule has 0 bridgehead atoms. The summed E-state index contributed by atoms with van der Waals surface area (Å²) in [4.78, 5) is 0. The van der Waals surface area contributed by atoms with Crippen LogP contribution in [0.4, 0.5) is 8.78 Å². The van der Waals surface area contributed by atoms with Gasteiger partial charge in [-0.2, -0.15) is 0 Å². The molecule has 106 valence electrons. The van der Waals surface area contributed by atoms with Gasteiger partial charge >= 0.3 is 0 Å². The molecule has 0 radical (unpaired) electrons. The van der Waals surface area contributed by atoms with Crippen LogP contribution in [0.3, 0.4) is 0 Å². The van der Waals surface area contributed by atoms with Gasteiger partial charge in [0, 0.05) is 11.4 Å². The Bertz CT molecular complexity index is 560. The first-order valence-corrected chi connectivity index (χ1v) is 9.06. The van der Waals surface area contributed by atoms with Crippen LogP contribution in [0.5, 0.6) is 0 Å². The van der Waals surface area contributed by atoms with Crippen molar-refractivity contribution in [2.45, 2.75) is 12.8 Å². The van der Waals surface area contributed by atoms with Crippen LogP contribution in [0.2, 0.25) is 0 Å². The molecule has 2 atom stereocenters. The predicted molar refractivity (Wildman–Crippen MR) is 74.1 cm³/mol. The summed E-state index contributed by atoms with van der Waals surface area (Å²) in [6, 6.07) is 3.53. The van der Waals surface area contributed by atoms with Gasteiger partial charge in [0.05, 0.1) is 11.5 Å². The molecule has 1 aromatic carbocycles. The van der Waals surface area contributed by atoms with Crippen LogP contribution in [-0.2, 0) is 16.3 Å². The third-order valence-electron chi connectivity index (χ3n) is 3.63. The molecule has 0 amide bonds. The summed E-state index contributed by atoms with van der Waals surface area (Å²) in [7, 11) is -2.93. The molecule has 2 nitrogen and oxygen atoms in total. The van der Waals surface area contributed by atoms with E-state index in [1.54, 1.807) is 0 Å². The molecule has 0 saturated carbocycles. The summed E-state index contributed by atoms with van der Waals surface area (Å²) >= 11 is 3.37. The molecular formula is C13H15BrF2O2S. The van der Waals surface area contributed by atoms with Crippen LogP contribution in [0.25, 0.3) is 0 Å². The quantitative estimate of drug-likeness (QED) is 0.780. The smallest absolute Gasteiger partial charge is 0.150 e. The lowest BCUT2D eigenvalue weighted by Crippen LogP contribution is -2.20. The molecular weight excluding hydrogens is 338 g/mol. The highest BCUT2D eigenvalue weighted by atomic mass is 79.9. The van der Waals surface area contributed by atoms with E-state index < -0.39 is 21.5 Å². The minimum Gasteiger partial charge on any atom is -0.229 e. The molecule has 1 aliphatic rings. The van der Waals surface area contributed by atoms with E-state index in [9.17, 15) is 17.2 Å². The van der Waals surface area contributed by atoms with Crippen molar-refractivity contribution in [1.29, 1.82) is 0 Å². The van der Waals surface area contributed by atoms with Crippen molar-refractivity contribution in [3.8, 4) is 0 Å². The molecule has 0 N–H and O–H groups in total. The van der Waals surface area contributed by atoms with Gasteiger partial charge < -0.3 is 0 Å². The maximum atomic E-state index is 13.6. The first-order chi connectivity index (χ1) is 8.91. The average molecular weight is 353 g/mol. The lowest BCUT2D eigenvalue weighted by Gasteiger charge is -2.20. The number of halogens is 3. The monoisotopic (exact) mass is 352 g/mol. The first-order valence-electron chi connectivity index (χ1n) is 6.11. The van der Waals surface area contributed by atoms with Crippen LogP contribution in [0.15, 0.2) is 18.2 Å². The second-order valence-electron chi connectivity index (χ2n) is 5.02. The predicted octanol–water partition coefficient (Wildman–Crippen LogP) is 2.95. The van der Waals surface area contributed by atoms with Crippen LogP contribution < -0.4 is 0 Å². The molecule has 6 heteroatoms. The number of rotatable bonds is 4. The van der Waals surface area contributed by atoms with E-state index in [1.165, 1.54) is 12.1 Å². The van der Waals surface area contributed by atoms with E-state index in [-0.39, 0.29) is 23.3 Å². The highest BCUT2D eigenvalue weighted by Crippen LogP contribution is 2.30. The van der Waals surface area contributed by atoms with Crippen molar-refractivity contribution >= 4 is 25.8 Å². The minimum atomic E-state index is -2.93. The largest absolute Gasteiger partial charge is 0.229 e. The van der Waals surface area contributed by atoms with Crippen LogP contribution in [0.1, 0.15) is 12.0 Å². The average Bonchev–Trinajstić information content (AvgIpc) is 2.69. The Labute approximate surface area is 120 Å². The van der Waals surface area contributed by atoms with E-state index in [0.717, 1.165) is 6.07 Å². The van der Waals surface area contributed by atoms with Crippen LogP contribution in [-0.4, -0.2) is 25.3 Å². The van der Waals surface area contributed by atoms with Gasteiger partial charge in [-0.3, -0.25) is 0 Å². The number of sulfone groups is 1. The van der Waals surface area contributed by atoms with Crippen molar-refractivity contribution in [1.82, 2.24) is 0 Å². The molecule has 1 saturated heterocycles. The fourth-order valence-electron chi connectivity index (χ4n) is 2.51. The van der Waals surface area contributed by atoms with Gasteiger partial charge in [-0.15, -0.1) is 0 Å². The van der Waals surface area contributed by atoms with E-state index >= 15 is 0 Å². The normalized spacial score (nSPS) is 23.4. The Morgan fingerprint density at radius 2 is 2.11 bits per heavy atom. The third kappa shape index (κ3) is 3.75. The van der Waals surface area contributed by atoms with Gasteiger partial charge in [-0.05, 0) is 36.3 Å². The molecule has 2 unspecified atom stereocenters. The van der Waals surface area contributed by atoms with Crippen molar-refractivity contribution in [2.24, 2.45) is 11.8 Å². The third-order valence-corrected chi connectivity index (χ3v) is 6.26. The van der Waals surface area contributed by atoms with Gasteiger partial charge in [0.1, 0.15) is 11.6 Å². The Kier molecular flexibility index (Phi) is 4.61. The minimum absolute atomic E-state index is 0.0498. The van der Waals surface area contributed by atoms with Crippen LogP contribution >= 0.6 is 15.9 Å². The standard InChI is InChI=1S/C13H15BrF2O2S/c14-7-11(10-3-4-19(17,18)8-10)5-9-1-2-12(15)6-13(9)16/h1-2,6,10-11H,3-5,7-8H2. The summed E-state index contributed by atoms with van der Waals surface area (Å²) in [5.74, 6) is -0.669. The lowest BCUT2D eigenvalue weighted by molar-refractivity contribution is 0.396. The number of hydrogen-bond acceptors (Lipinski definition) is 2. The fourth-order valence-corrected chi connectivity index (χ4v) is 5.19. The van der Waals surface area contributed by atoms with E-state index in [2.05, 4.69) is 15.9 Å². The van der Waals surface area contributed by atoms with Crippen molar-refractivity contribution in [3.63, 3.8) is 0 Å². The lowest BCUT2D eigenvalue weighted by atomic mass is 9.88. The molecule has 2 rings (SSSR count). The Balaban J connectivity index is 2.11. The SMILES string of the molecule is O=S1(=O)CCC(C(CBr)Cc2ccc(F)cc2F)C1. The fraction of sp³-hybridized carbons (Fsp3) is 0.538. The zero-order valence-electron chi connectivity index (χ0n) is 10.3. The summed E-state index contributed by atoms with van der Waals surface area (Å²) < 4.78 is 49.4. The molecule has 0 spiro atoms. The maximum absolute atomic E-state index is 13.6. The highest BCUT2D eigenvalue weighted by Gasteiger charge is 2.33. The summed E-state index contributed by atoms with van der Waals surface area (Å²) in [5.41, 5.74) is 0.440. The van der Waals surface area contributed by atoms with Gasteiger partial charge in [0.15, 0.2) is 9.84 Å². The van der Waals surface area contributed by atoms with E-state index in [4.69, 9.17) is 0 Å². The number of alkyl halides is 1. The van der Waals surface area contributed by atoms with Crippen LogP contribution in [0, 0.1) is 23.5 Å². The van der Waals surface area contributed by atoms with Gasteiger partial charge in [-0.25, -0.2) is 17.2 Å². The molecule has 0 aliphatic carbocycles. The Morgan fingerprint density at radius 3 is 2.63 bits per heavy atom. The van der Waals surface area contributed by atoms with Crippen molar-refractivity contribution in [3.05, 3.63) is 35.4 Å². The second kappa shape index (κ2) is 5.87. The Morgan fingerprint density at radius 1 is 1.37 bits per heavy atom. The van der Waals surface area contributed by atoms with Gasteiger partial charge in [-0.1, -0.05) is 22.0 Å². The highest BCUT2D eigenvalue weighted by molar-refractivity contribution is 9.09. The molecule has 1 fully saturated rings. The number of hydrogen-bond donors (Lipinski definition) is 0. The summed E-state index contributed by atoms with van der Waals surface area (Å²) in [6.07, 6.45) is 1.05. The first kappa shape index (κ1) is 14.9. The summed E-state index contributed by atoms with van der Waals surface area (Å²) in [5, 5.41) is 0.615. The van der Waals surface area contributed by atoms with Crippen molar-refractivity contribution < 1.29 is 17.2 Å². The number of benzene rings is 1. The van der Waals surface area contributed by atoms with E-state index in [1.807, 2.05) is 0 Å². The van der Waals surface area contributed by atoms with Gasteiger partial charge in [0.25, 0.3) is 0 Å². The zero-order chi connectivity index (χ0) is 14.0. The summed E-state index contributed by atoms with van der Waals surface area (Å²) in [6.45, 7) is 0. The molecule has 1 aliphatic heterocycles. The van der Waals surface area contributed by atoms with Gasteiger partial charge in [0.2, 0.25) is 0 Å². The molecule has 19 heavy (non-hydrogen) atoms. The molecule has 1 aromatic rings. The molecule has 0 aromatic heterocycles. The van der Waals surface area contributed by atoms with E-state index in [0.29, 0.717) is 23.7 Å². The Hall–Kier alpha value is -0.490. The molecule has 1 heterocycles. The van der Waals surface area contributed by atoms with Crippen molar-refractivity contribution in [2.75, 3.05) is 16.8 Å². The second-order valence-corrected chi connectivity index (χ2v) is 7.89. The maximum Gasteiger partial charge on any atom is 0.150 e. The zero-order valence-corrected chi connectivity index (χ0v) is 12.7. The topological polar surface area (TPSA) is 34.1 Å².